The highest BCUT2D eigenvalue weighted by Gasteiger charge is 2.32. The molecule has 7 nitrogen and oxygen atoms in total. The number of ether oxygens (including phenoxy) is 3. The van der Waals surface area contributed by atoms with E-state index in [-0.39, 0.29) is 19.3 Å². The summed E-state index contributed by atoms with van der Waals surface area (Å²) < 4.78 is 15.4. The molecule has 7 heteroatoms. The fourth-order valence-corrected chi connectivity index (χ4v) is 2.95. The monoisotopic (exact) mass is 371 g/mol. The van der Waals surface area contributed by atoms with Crippen molar-refractivity contribution in [1.29, 1.82) is 0 Å². The maximum atomic E-state index is 12.1. The lowest BCUT2D eigenvalue weighted by atomic mass is 9.89. The van der Waals surface area contributed by atoms with Gasteiger partial charge in [0.2, 0.25) is 0 Å². The average molecular weight is 371 g/mol. The number of carbonyl (C=O) groups excluding carboxylic acids is 3. The number of hydrogen-bond donors (Lipinski definition) is 0. The standard InChI is InChI=1S/C19H33NO6/c1-6-24-16(21)15(17(22)25-7-2)9-8-14-10-12-20(13-11-14)18(23)26-19(3,4)5/h14-15H,6-13H2,1-5H3. The van der Waals surface area contributed by atoms with Gasteiger partial charge in [0.1, 0.15) is 5.60 Å². The predicted molar refractivity (Wildman–Crippen MR) is 96.5 cm³/mol. The molecule has 0 atom stereocenters. The van der Waals surface area contributed by atoms with Crippen molar-refractivity contribution in [3.05, 3.63) is 0 Å². The third-order valence-electron chi connectivity index (χ3n) is 4.27. The molecule has 0 aromatic heterocycles. The first kappa shape index (κ1) is 22.3. The number of esters is 2. The van der Waals surface area contributed by atoms with Gasteiger partial charge in [-0.05, 0) is 66.2 Å². The normalized spacial score (nSPS) is 15.7. The van der Waals surface area contributed by atoms with Crippen LogP contribution in [0.3, 0.4) is 0 Å². The van der Waals surface area contributed by atoms with Crippen molar-refractivity contribution in [3.63, 3.8) is 0 Å². The van der Waals surface area contributed by atoms with Crippen molar-refractivity contribution >= 4 is 18.0 Å². The molecule has 0 unspecified atom stereocenters. The van der Waals surface area contributed by atoms with Gasteiger partial charge in [-0.1, -0.05) is 0 Å². The Morgan fingerprint density at radius 3 is 1.92 bits per heavy atom. The molecule has 0 aromatic carbocycles. The van der Waals surface area contributed by atoms with Gasteiger partial charge < -0.3 is 19.1 Å². The Balaban J connectivity index is 2.48. The van der Waals surface area contributed by atoms with Gasteiger partial charge in [0.05, 0.1) is 13.2 Å². The third-order valence-corrected chi connectivity index (χ3v) is 4.27. The van der Waals surface area contributed by atoms with E-state index in [2.05, 4.69) is 0 Å². The van der Waals surface area contributed by atoms with Gasteiger partial charge in [-0.15, -0.1) is 0 Å². The molecule has 1 heterocycles. The molecular weight excluding hydrogens is 338 g/mol. The second kappa shape index (κ2) is 10.4. The fraction of sp³-hybridized carbons (Fsp3) is 0.842. The second-order valence-electron chi connectivity index (χ2n) is 7.54. The van der Waals surface area contributed by atoms with E-state index in [0.29, 0.717) is 25.4 Å². The number of hydrogen-bond acceptors (Lipinski definition) is 6. The number of amides is 1. The van der Waals surface area contributed by atoms with E-state index >= 15 is 0 Å². The van der Waals surface area contributed by atoms with Crippen LogP contribution < -0.4 is 0 Å². The highest BCUT2D eigenvalue weighted by atomic mass is 16.6. The summed E-state index contributed by atoms with van der Waals surface area (Å²) in [6.07, 6.45) is 2.51. The second-order valence-corrected chi connectivity index (χ2v) is 7.54. The molecule has 150 valence electrons. The zero-order chi connectivity index (χ0) is 19.7. The van der Waals surface area contributed by atoms with Crippen LogP contribution in [0.15, 0.2) is 0 Å². The molecule has 0 aliphatic carbocycles. The van der Waals surface area contributed by atoms with Gasteiger partial charge in [0, 0.05) is 13.1 Å². The summed E-state index contributed by atoms with van der Waals surface area (Å²) in [5.74, 6) is -1.53. The number of nitrogens with zero attached hydrogens (tertiary/aromatic N) is 1. The van der Waals surface area contributed by atoms with E-state index < -0.39 is 23.5 Å². The van der Waals surface area contributed by atoms with Crippen molar-refractivity contribution in [2.45, 2.75) is 65.9 Å². The Bertz CT molecular complexity index is 459. The van der Waals surface area contributed by atoms with Crippen LogP contribution in [0.25, 0.3) is 0 Å². The van der Waals surface area contributed by atoms with E-state index in [1.807, 2.05) is 20.8 Å². The largest absolute Gasteiger partial charge is 0.465 e. The minimum Gasteiger partial charge on any atom is -0.465 e. The van der Waals surface area contributed by atoms with Gasteiger partial charge in [-0.3, -0.25) is 9.59 Å². The van der Waals surface area contributed by atoms with Crippen molar-refractivity contribution in [2.24, 2.45) is 11.8 Å². The van der Waals surface area contributed by atoms with E-state index in [1.54, 1.807) is 18.7 Å². The van der Waals surface area contributed by atoms with E-state index in [4.69, 9.17) is 14.2 Å². The minimum absolute atomic E-state index is 0.239. The van der Waals surface area contributed by atoms with Crippen molar-refractivity contribution in [2.75, 3.05) is 26.3 Å². The highest BCUT2D eigenvalue weighted by molar-refractivity contribution is 5.94. The third kappa shape index (κ3) is 7.62. The Morgan fingerprint density at radius 2 is 1.50 bits per heavy atom. The van der Waals surface area contributed by atoms with Crippen LogP contribution in [0.1, 0.15) is 60.3 Å². The summed E-state index contributed by atoms with van der Waals surface area (Å²) in [5, 5.41) is 0. The molecule has 1 rings (SSSR count). The number of rotatable bonds is 7. The number of piperidine rings is 1. The predicted octanol–water partition coefficient (Wildman–Crippen LogP) is 3.16. The maximum absolute atomic E-state index is 12.1. The zero-order valence-electron chi connectivity index (χ0n) is 16.7. The molecule has 1 aliphatic heterocycles. The lowest BCUT2D eigenvalue weighted by Crippen LogP contribution is -2.41. The van der Waals surface area contributed by atoms with Crippen molar-refractivity contribution in [1.82, 2.24) is 4.90 Å². The number of carbonyl (C=O) groups is 3. The Morgan fingerprint density at radius 1 is 1.00 bits per heavy atom. The SMILES string of the molecule is CCOC(=O)C(CCC1CCN(C(=O)OC(C)(C)C)CC1)C(=O)OCC. The molecular formula is C19H33NO6. The van der Waals surface area contributed by atoms with E-state index in [1.165, 1.54) is 0 Å². The smallest absolute Gasteiger partial charge is 0.410 e. The summed E-state index contributed by atoms with van der Waals surface area (Å²) in [6, 6.07) is 0. The summed E-state index contributed by atoms with van der Waals surface area (Å²) in [6.45, 7) is 10.7. The van der Waals surface area contributed by atoms with Gasteiger partial charge in [-0.2, -0.15) is 0 Å². The fourth-order valence-electron chi connectivity index (χ4n) is 2.95. The van der Waals surface area contributed by atoms with Gasteiger partial charge >= 0.3 is 18.0 Å². The summed E-state index contributed by atoms with van der Waals surface area (Å²) in [4.78, 5) is 37.8. The first-order valence-electron chi connectivity index (χ1n) is 9.49. The molecule has 0 spiro atoms. The van der Waals surface area contributed by atoms with Crippen LogP contribution in [0, 0.1) is 11.8 Å². The Labute approximate surface area is 156 Å². The van der Waals surface area contributed by atoms with Crippen LogP contribution in [0.2, 0.25) is 0 Å². The first-order chi connectivity index (χ1) is 12.2. The van der Waals surface area contributed by atoms with Crippen LogP contribution >= 0.6 is 0 Å². The molecule has 0 N–H and O–H groups in total. The van der Waals surface area contributed by atoms with Crippen LogP contribution in [0.4, 0.5) is 4.79 Å². The molecule has 1 aliphatic rings. The van der Waals surface area contributed by atoms with Crippen molar-refractivity contribution in [3.8, 4) is 0 Å². The molecule has 26 heavy (non-hydrogen) atoms. The molecule has 0 bridgehead atoms. The lowest BCUT2D eigenvalue weighted by Gasteiger charge is -2.33. The molecule has 1 fully saturated rings. The molecule has 1 saturated heterocycles. The molecule has 0 radical (unpaired) electrons. The molecule has 0 aromatic rings. The highest BCUT2D eigenvalue weighted by Crippen LogP contribution is 2.26. The average Bonchev–Trinajstić information content (AvgIpc) is 2.54. The van der Waals surface area contributed by atoms with Crippen molar-refractivity contribution < 1.29 is 28.6 Å². The molecule has 0 saturated carbocycles. The molecule has 1 amide bonds. The van der Waals surface area contributed by atoms with E-state index in [0.717, 1.165) is 19.3 Å². The maximum Gasteiger partial charge on any atom is 0.410 e. The zero-order valence-corrected chi connectivity index (χ0v) is 16.7. The summed E-state index contributed by atoms with van der Waals surface area (Å²) in [7, 11) is 0. The Kier molecular flexibility index (Phi) is 8.88. The van der Waals surface area contributed by atoms with E-state index in [9.17, 15) is 14.4 Å². The number of likely N-dealkylation sites (tertiary alicyclic amines) is 1. The summed E-state index contributed by atoms with van der Waals surface area (Å²) >= 11 is 0. The van der Waals surface area contributed by atoms with Gasteiger partial charge in [0.15, 0.2) is 5.92 Å². The Hall–Kier alpha value is -1.79. The van der Waals surface area contributed by atoms with Crippen LogP contribution in [0.5, 0.6) is 0 Å². The quantitative estimate of drug-likeness (QED) is 0.388. The van der Waals surface area contributed by atoms with Gasteiger partial charge in [-0.25, -0.2) is 4.79 Å². The summed E-state index contributed by atoms with van der Waals surface area (Å²) in [5.41, 5.74) is -0.500. The van der Waals surface area contributed by atoms with Crippen LogP contribution in [-0.4, -0.2) is 54.8 Å². The lowest BCUT2D eigenvalue weighted by molar-refractivity contribution is -0.162. The topological polar surface area (TPSA) is 82.1 Å². The van der Waals surface area contributed by atoms with Gasteiger partial charge in [0.25, 0.3) is 0 Å². The minimum atomic E-state index is -0.862. The first-order valence-corrected chi connectivity index (χ1v) is 9.49. The van der Waals surface area contributed by atoms with Crippen LogP contribution in [-0.2, 0) is 23.8 Å².